The first-order chi connectivity index (χ1) is 8.93. The van der Waals surface area contributed by atoms with Crippen LogP contribution in [0.4, 0.5) is 11.6 Å². The lowest BCUT2D eigenvalue weighted by Gasteiger charge is -2.23. The average Bonchev–Trinajstić information content (AvgIpc) is 2.36. The second kappa shape index (κ2) is 6.92. The van der Waals surface area contributed by atoms with Gasteiger partial charge in [0.1, 0.15) is 17.5 Å². The number of nitrogens with zero attached hydrogens (tertiary/aromatic N) is 3. The van der Waals surface area contributed by atoms with Crippen LogP contribution in [0, 0.1) is 6.92 Å². The van der Waals surface area contributed by atoms with Gasteiger partial charge in [0.15, 0.2) is 0 Å². The van der Waals surface area contributed by atoms with Crippen molar-refractivity contribution in [1.29, 1.82) is 0 Å². The van der Waals surface area contributed by atoms with Gasteiger partial charge in [0, 0.05) is 25.7 Å². The number of aromatic nitrogens is 2. The fourth-order valence-electron chi connectivity index (χ4n) is 1.48. The molecule has 0 unspecified atom stereocenters. The van der Waals surface area contributed by atoms with Crippen molar-refractivity contribution < 1.29 is 9.53 Å². The molecule has 0 radical (unpaired) electrons. The van der Waals surface area contributed by atoms with E-state index in [1.807, 2.05) is 20.0 Å². The maximum Gasteiger partial charge on any atom is 0.307 e. The van der Waals surface area contributed by atoms with Crippen LogP contribution >= 0.6 is 0 Å². The van der Waals surface area contributed by atoms with Crippen molar-refractivity contribution in [1.82, 2.24) is 9.97 Å². The van der Waals surface area contributed by atoms with Gasteiger partial charge in [-0.15, -0.1) is 0 Å². The molecule has 1 N–H and O–H groups in total. The first-order valence-corrected chi connectivity index (χ1v) is 6.33. The molecular weight excluding hydrogens is 244 g/mol. The minimum Gasteiger partial charge on any atom is -0.469 e. The van der Waals surface area contributed by atoms with Crippen LogP contribution in [0.15, 0.2) is 6.07 Å². The molecule has 0 aliphatic heterocycles. The third-order valence-corrected chi connectivity index (χ3v) is 2.82. The van der Waals surface area contributed by atoms with Gasteiger partial charge in [-0.2, -0.15) is 0 Å². The van der Waals surface area contributed by atoms with Gasteiger partial charge in [-0.1, -0.05) is 0 Å². The lowest BCUT2D eigenvalue weighted by Crippen LogP contribution is -2.27. The molecule has 0 amide bonds. The van der Waals surface area contributed by atoms with Crippen LogP contribution in [-0.4, -0.2) is 42.7 Å². The van der Waals surface area contributed by atoms with E-state index in [1.165, 1.54) is 7.11 Å². The number of carbonyl (C=O) groups is 1. The highest BCUT2D eigenvalue weighted by Crippen LogP contribution is 2.16. The summed E-state index contributed by atoms with van der Waals surface area (Å²) in [6.45, 7) is 6.54. The number of hydrogen-bond donors (Lipinski definition) is 1. The second-order valence-corrected chi connectivity index (χ2v) is 4.62. The molecule has 0 aliphatic rings. The largest absolute Gasteiger partial charge is 0.469 e. The third-order valence-electron chi connectivity index (χ3n) is 2.82. The minimum absolute atomic E-state index is 0.238. The highest BCUT2D eigenvalue weighted by molar-refractivity contribution is 5.69. The minimum atomic E-state index is -0.238. The van der Waals surface area contributed by atoms with Gasteiger partial charge in [0.25, 0.3) is 0 Å². The van der Waals surface area contributed by atoms with Gasteiger partial charge in [-0.25, -0.2) is 9.97 Å². The van der Waals surface area contributed by atoms with Crippen molar-refractivity contribution in [3.05, 3.63) is 11.9 Å². The summed E-state index contributed by atoms with van der Waals surface area (Å²) >= 11 is 0. The summed E-state index contributed by atoms with van der Waals surface area (Å²) in [5, 5.41) is 3.11. The first kappa shape index (κ1) is 15.2. The molecule has 0 saturated carbocycles. The molecule has 1 rings (SSSR count). The van der Waals surface area contributed by atoms with Crippen molar-refractivity contribution >= 4 is 17.6 Å². The first-order valence-electron chi connectivity index (χ1n) is 6.33. The van der Waals surface area contributed by atoms with E-state index in [-0.39, 0.29) is 5.97 Å². The molecular formula is C13H22N4O2. The fraction of sp³-hybridized carbons (Fsp3) is 0.615. The molecule has 1 aromatic rings. The summed E-state index contributed by atoms with van der Waals surface area (Å²) < 4.78 is 4.59. The number of esters is 1. The molecule has 1 aromatic heterocycles. The van der Waals surface area contributed by atoms with Crippen molar-refractivity contribution in [3.63, 3.8) is 0 Å². The quantitative estimate of drug-likeness (QED) is 0.789. The molecule has 0 fully saturated rings. The van der Waals surface area contributed by atoms with Crippen LogP contribution in [-0.2, 0) is 9.53 Å². The molecule has 0 aliphatic carbocycles. The van der Waals surface area contributed by atoms with Gasteiger partial charge >= 0.3 is 5.97 Å². The van der Waals surface area contributed by atoms with Crippen LogP contribution in [0.3, 0.4) is 0 Å². The molecule has 106 valence electrons. The zero-order valence-electron chi connectivity index (χ0n) is 12.2. The van der Waals surface area contributed by atoms with Gasteiger partial charge in [0.2, 0.25) is 0 Å². The van der Waals surface area contributed by atoms with Gasteiger partial charge in [-0.05, 0) is 20.8 Å². The second-order valence-electron chi connectivity index (χ2n) is 4.62. The monoisotopic (exact) mass is 266 g/mol. The molecule has 6 nitrogen and oxygen atoms in total. The normalized spacial score (nSPS) is 10.4. The number of nitrogens with one attached hydrogen (secondary N) is 1. The Morgan fingerprint density at radius 3 is 2.74 bits per heavy atom. The Morgan fingerprint density at radius 1 is 1.47 bits per heavy atom. The smallest absolute Gasteiger partial charge is 0.307 e. The zero-order chi connectivity index (χ0) is 14.4. The molecule has 0 aromatic carbocycles. The summed E-state index contributed by atoms with van der Waals surface area (Å²) in [4.78, 5) is 21.8. The SMILES string of the molecule is COC(=O)CCNc1cc(N(C)C(C)C)nc(C)n1. The van der Waals surface area contributed by atoms with E-state index in [1.54, 1.807) is 0 Å². The number of hydrogen-bond acceptors (Lipinski definition) is 6. The van der Waals surface area contributed by atoms with Gasteiger partial charge in [0.05, 0.1) is 13.5 Å². The fourth-order valence-corrected chi connectivity index (χ4v) is 1.48. The van der Waals surface area contributed by atoms with E-state index in [9.17, 15) is 4.79 Å². The number of rotatable bonds is 6. The van der Waals surface area contributed by atoms with E-state index in [0.717, 1.165) is 11.6 Å². The average molecular weight is 266 g/mol. The molecule has 0 saturated heterocycles. The molecule has 0 bridgehead atoms. The van der Waals surface area contributed by atoms with E-state index < -0.39 is 0 Å². The molecule has 1 heterocycles. The van der Waals surface area contributed by atoms with Crippen molar-refractivity contribution in [2.45, 2.75) is 33.2 Å². The standard InChI is InChI=1S/C13H22N4O2/c1-9(2)17(4)12-8-11(15-10(3)16-12)14-7-6-13(18)19-5/h8-9H,6-7H2,1-5H3,(H,14,15,16). The number of ether oxygens (including phenoxy) is 1. The molecule has 0 atom stereocenters. The van der Waals surface area contributed by atoms with E-state index in [0.29, 0.717) is 24.8 Å². The van der Waals surface area contributed by atoms with Crippen molar-refractivity contribution in [2.75, 3.05) is 30.9 Å². The molecule has 6 heteroatoms. The maximum atomic E-state index is 11.0. The lowest BCUT2D eigenvalue weighted by atomic mass is 10.3. The number of aryl methyl sites for hydroxylation is 1. The van der Waals surface area contributed by atoms with Crippen LogP contribution in [0.25, 0.3) is 0 Å². The van der Waals surface area contributed by atoms with E-state index in [4.69, 9.17) is 0 Å². The predicted octanol–water partition coefficient (Wildman–Crippen LogP) is 1.60. The topological polar surface area (TPSA) is 67.3 Å². The van der Waals surface area contributed by atoms with Crippen LogP contribution < -0.4 is 10.2 Å². The number of methoxy groups -OCH3 is 1. The Labute approximate surface area is 114 Å². The predicted molar refractivity (Wildman–Crippen MR) is 75.4 cm³/mol. The van der Waals surface area contributed by atoms with Gasteiger partial charge < -0.3 is 15.0 Å². The van der Waals surface area contributed by atoms with Gasteiger partial charge in [-0.3, -0.25) is 4.79 Å². The van der Waals surface area contributed by atoms with Crippen molar-refractivity contribution in [3.8, 4) is 0 Å². The summed E-state index contributed by atoms with van der Waals surface area (Å²) in [6.07, 6.45) is 0.314. The Morgan fingerprint density at radius 2 is 2.16 bits per heavy atom. The van der Waals surface area contributed by atoms with E-state index >= 15 is 0 Å². The number of carbonyl (C=O) groups excluding carboxylic acids is 1. The summed E-state index contributed by atoms with van der Waals surface area (Å²) in [7, 11) is 3.37. The molecule has 19 heavy (non-hydrogen) atoms. The van der Waals surface area contributed by atoms with E-state index in [2.05, 4.69) is 38.8 Å². The zero-order valence-corrected chi connectivity index (χ0v) is 12.2. The maximum absolute atomic E-state index is 11.0. The Bertz CT molecular complexity index is 435. The molecule has 0 spiro atoms. The highest BCUT2D eigenvalue weighted by atomic mass is 16.5. The Hall–Kier alpha value is -1.85. The highest BCUT2D eigenvalue weighted by Gasteiger charge is 2.09. The Balaban J connectivity index is 2.71. The summed E-state index contributed by atoms with van der Waals surface area (Å²) in [5.74, 6) is 2.05. The summed E-state index contributed by atoms with van der Waals surface area (Å²) in [5.41, 5.74) is 0. The number of anilines is 2. The lowest BCUT2D eigenvalue weighted by molar-refractivity contribution is -0.140. The third kappa shape index (κ3) is 4.73. The van der Waals surface area contributed by atoms with Crippen molar-refractivity contribution in [2.24, 2.45) is 0 Å². The van der Waals surface area contributed by atoms with Crippen LogP contribution in [0.5, 0.6) is 0 Å². The van der Waals surface area contributed by atoms with Crippen LogP contribution in [0.1, 0.15) is 26.1 Å². The van der Waals surface area contributed by atoms with Crippen LogP contribution in [0.2, 0.25) is 0 Å². The summed E-state index contributed by atoms with van der Waals surface area (Å²) in [6, 6.07) is 2.24. The Kier molecular flexibility index (Phi) is 5.54.